The zero-order valence-electron chi connectivity index (χ0n) is 22.7. The normalized spacial score (nSPS) is 12.2. The quantitative estimate of drug-likeness (QED) is 0.231. The van der Waals surface area contributed by atoms with E-state index in [9.17, 15) is 14.4 Å². The topological polar surface area (TPSA) is 75.2 Å². The molecule has 1 amide bonds. The van der Waals surface area contributed by atoms with Gasteiger partial charge in [0.05, 0.1) is 17.9 Å². The van der Waals surface area contributed by atoms with Crippen LogP contribution in [-0.4, -0.2) is 39.0 Å². The molecule has 0 saturated heterocycles. The zero-order valence-corrected chi connectivity index (χ0v) is 22.7. The summed E-state index contributed by atoms with van der Waals surface area (Å²) in [6.45, 7) is 12.0. The smallest absolute Gasteiger partial charge is 0.282 e. The number of Topliss-reactive ketones (excluding diaryl/α,β-unsaturated/α-hetero) is 1. The minimum absolute atomic E-state index is 0.00162. The van der Waals surface area contributed by atoms with Gasteiger partial charge in [0, 0.05) is 12.5 Å². The van der Waals surface area contributed by atoms with Crippen LogP contribution in [0.1, 0.15) is 120 Å². The van der Waals surface area contributed by atoms with Crippen molar-refractivity contribution >= 4 is 11.7 Å². The van der Waals surface area contributed by atoms with Crippen molar-refractivity contribution in [2.45, 2.75) is 111 Å². The molecule has 6 nitrogen and oxygen atoms in total. The van der Waals surface area contributed by atoms with E-state index in [2.05, 4.69) is 12.0 Å². The summed E-state index contributed by atoms with van der Waals surface area (Å²) in [6.07, 6.45) is 9.20. The highest BCUT2D eigenvalue weighted by Crippen LogP contribution is 2.19. The Hall–Kier alpha value is -2.63. The number of unbranched alkanes of at least 4 members (excludes halogenated alkanes) is 6. The number of aromatic amines is 1. The molecule has 35 heavy (non-hydrogen) atoms. The summed E-state index contributed by atoms with van der Waals surface area (Å²) >= 11 is 0. The number of benzene rings is 1. The fraction of sp³-hybridized carbons (Fsp3) is 0.621. The molecule has 0 spiro atoms. The highest BCUT2D eigenvalue weighted by molar-refractivity contribution is 6.00. The van der Waals surface area contributed by atoms with Gasteiger partial charge < -0.3 is 4.90 Å². The van der Waals surface area contributed by atoms with Gasteiger partial charge in [0.2, 0.25) is 5.91 Å². The first-order valence-electron chi connectivity index (χ1n) is 13.5. The second kappa shape index (κ2) is 14.1. The molecular formula is C29H45N3O3. The average molecular weight is 484 g/mol. The molecule has 1 heterocycles. The Morgan fingerprint density at radius 2 is 1.54 bits per heavy atom. The third-order valence-electron chi connectivity index (χ3n) is 6.82. The third-order valence-corrected chi connectivity index (χ3v) is 6.82. The first-order valence-corrected chi connectivity index (χ1v) is 13.5. The summed E-state index contributed by atoms with van der Waals surface area (Å²) in [4.78, 5) is 41.6. The lowest BCUT2D eigenvalue weighted by atomic mass is 10.0. The van der Waals surface area contributed by atoms with E-state index in [0.717, 1.165) is 31.2 Å². The lowest BCUT2D eigenvalue weighted by Crippen LogP contribution is -2.42. The van der Waals surface area contributed by atoms with Crippen LogP contribution in [0.3, 0.4) is 0 Å². The van der Waals surface area contributed by atoms with Crippen molar-refractivity contribution in [2.75, 3.05) is 6.54 Å². The number of nitrogens with one attached hydrogen (secondary N) is 1. The van der Waals surface area contributed by atoms with Crippen molar-refractivity contribution in [1.29, 1.82) is 0 Å². The second-order valence-corrected chi connectivity index (χ2v) is 10.1. The minimum Gasteiger partial charge on any atom is -0.332 e. The monoisotopic (exact) mass is 483 g/mol. The van der Waals surface area contributed by atoms with Crippen LogP contribution in [0.4, 0.5) is 0 Å². The van der Waals surface area contributed by atoms with Gasteiger partial charge in [-0.2, -0.15) is 0 Å². The Morgan fingerprint density at radius 3 is 2.11 bits per heavy atom. The number of carbonyl (C=O) groups is 2. The van der Waals surface area contributed by atoms with Gasteiger partial charge in [-0.15, -0.1) is 0 Å². The molecule has 1 atom stereocenters. The zero-order chi connectivity index (χ0) is 26.0. The van der Waals surface area contributed by atoms with Gasteiger partial charge in [0.1, 0.15) is 5.56 Å². The van der Waals surface area contributed by atoms with E-state index in [1.807, 2.05) is 58.9 Å². The third kappa shape index (κ3) is 7.94. The molecule has 0 radical (unpaired) electrons. The SMILES string of the molecule is CCCCCCCCCC(=O)N(CC(=O)c1c(C(C)C)[nH]n(-c2ccc(C)cc2)c1=O)C(C)CC. The molecule has 0 bridgehead atoms. The maximum Gasteiger partial charge on any atom is 0.282 e. The molecule has 194 valence electrons. The summed E-state index contributed by atoms with van der Waals surface area (Å²) in [5, 5.41) is 3.15. The lowest BCUT2D eigenvalue weighted by Gasteiger charge is -2.28. The fourth-order valence-corrected chi connectivity index (χ4v) is 4.34. The number of ketones is 1. The van der Waals surface area contributed by atoms with Crippen molar-refractivity contribution in [3.8, 4) is 5.69 Å². The molecule has 2 rings (SSSR count). The molecule has 2 aromatic rings. The average Bonchev–Trinajstić information content (AvgIpc) is 3.19. The van der Waals surface area contributed by atoms with Gasteiger partial charge in [0.25, 0.3) is 5.56 Å². The van der Waals surface area contributed by atoms with E-state index in [1.165, 1.54) is 30.4 Å². The maximum atomic E-state index is 13.5. The molecule has 0 saturated carbocycles. The molecule has 1 aromatic heterocycles. The molecule has 0 aliphatic rings. The predicted octanol–water partition coefficient (Wildman–Crippen LogP) is 6.55. The highest BCUT2D eigenvalue weighted by atomic mass is 16.2. The van der Waals surface area contributed by atoms with Crippen molar-refractivity contribution < 1.29 is 9.59 Å². The van der Waals surface area contributed by atoms with Gasteiger partial charge in [-0.3, -0.25) is 19.5 Å². The van der Waals surface area contributed by atoms with E-state index in [4.69, 9.17) is 0 Å². The van der Waals surface area contributed by atoms with Crippen LogP contribution >= 0.6 is 0 Å². The van der Waals surface area contributed by atoms with Crippen LogP contribution in [0.5, 0.6) is 0 Å². The van der Waals surface area contributed by atoms with Crippen molar-refractivity contribution in [3.05, 3.63) is 51.4 Å². The van der Waals surface area contributed by atoms with Gasteiger partial charge in [-0.05, 0) is 44.7 Å². The van der Waals surface area contributed by atoms with Crippen LogP contribution < -0.4 is 5.56 Å². The Bertz CT molecular complexity index is 1000. The number of nitrogens with zero attached hydrogens (tertiary/aromatic N) is 2. The maximum absolute atomic E-state index is 13.5. The van der Waals surface area contributed by atoms with Gasteiger partial charge in [-0.1, -0.05) is 83.9 Å². The molecule has 1 N–H and O–H groups in total. The molecular weight excluding hydrogens is 438 g/mol. The standard InChI is InChI=1S/C29H45N3O3/c1-7-9-10-11-12-13-14-15-26(34)31(23(6)8-2)20-25(33)27-28(21(3)4)30-32(29(27)35)24-18-16-22(5)17-19-24/h16-19,21,23,30H,7-15,20H2,1-6H3. The van der Waals surface area contributed by atoms with Crippen LogP contribution in [0.15, 0.2) is 29.1 Å². The Labute approximate surface area is 211 Å². The summed E-state index contributed by atoms with van der Waals surface area (Å²) in [5.74, 6) is -0.329. The molecule has 0 aliphatic heterocycles. The molecule has 0 aliphatic carbocycles. The summed E-state index contributed by atoms with van der Waals surface area (Å²) in [5.41, 5.74) is 2.21. The van der Waals surface area contributed by atoms with E-state index in [0.29, 0.717) is 17.8 Å². The first kappa shape index (κ1) is 28.6. The van der Waals surface area contributed by atoms with Gasteiger partial charge in [0.15, 0.2) is 5.78 Å². The Morgan fingerprint density at radius 1 is 0.943 bits per heavy atom. The minimum atomic E-state index is -0.355. The number of carbonyl (C=O) groups excluding carboxylic acids is 2. The largest absolute Gasteiger partial charge is 0.332 e. The van der Waals surface area contributed by atoms with Crippen molar-refractivity contribution in [3.63, 3.8) is 0 Å². The van der Waals surface area contributed by atoms with Gasteiger partial charge >= 0.3 is 0 Å². The Kier molecular flexibility index (Phi) is 11.5. The summed E-state index contributed by atoms with van der Waals surface area (Å²) in [7, 11) is 0. The van der Waals surface area contributed by atoms with Crippen molar-refractivity contribution in [2.24, 2.45) is 0 Å². The predicted molar refractivity (Wildman–Crippen MR) is 144 cm³/mol. The van der Waals surface area contributed by atoms with E-state index in [1.54, 1.807) is 4.90 Å². The number of rotatable bonds is 15. The lowest BCUT2D eigenvalue weighted by molar-refractivity contribution is -0.132. The number of aryl methyl sites for hydroxylation is 1. The molecule has 6 heteroatoms. The van der Waals surface area contributed by atoms with Crippen molar-refractivity contribution in [1.82, 2.24) is 14.7 Å². The number of H-pyrrole nitrogens is 1. The fourth-order valence-electron chi connectivity index (χ4n) is 4.34. The van der Waals surface area contributed by atoms with Crippen LogP contribution in [0, 0.1) is 6.92 Å². The first-order chi connectivity index (χ1) is 16.7. The Balaban J connectivity index is 2.18. The second-order valence-electron chi connectivity index (χ2n) is 10.1. The molecule has 0 fully saturated rings. The van der Waals surface area contributed by atoms with Crippen LogP contribution in [0.2, 0.25) is 0 Å². The highest BCUT2D eigenvalue weighted by Gasteiger charge is 2.28. The van der Waals surface area contributed by atoms with E-state index < -0.39 is 0 Å². The molecule has 1 unspecified atom stereocenters. The van der Waals surface area contributed by atoms with E-state index >= 15 is 0 Å². The number of hydrogen-bond donors (Lipinski definition) is 1. The summed E-state index contributed by atoms with van der Waals surface area (Å²) in [6, 6.07) is 7.54. The van der Waals surface area contributed by atoms with Gasteiger partial charge in [-0.25, -0.2) is 4.68 Å². The summed E-state index contributed by atoms with van der Waals surface area (Å²) < 4.78 is 1.44. The van der Waals surface area contributed by atoms with Crippen LogP contribution in [-0.2, 0) is 4.79 Å². The number of hydrogen-bond acceptors (Lipinski definition) is 3. The number of amides is 1. The van der Waals surface area contributed by atoms with E-state index in [-0.39, 0.29) is 41.3 Å². The molecule has 1 aromatic carbocycles. The number of aromatic nitrogens is 2. The van der Waals surface area contributed by atoms with Crippen LogP contribution in [0.25, 0.3) is 5.69 Å².